The fraction of sp³-hybridized carbons (Fsp3) is 0.318. The lowest BCUT2D eigenvalue weighted by Crippen LogP contribution is -2.34. The summed E-state index contributed by atoms with van der Waals surface area (Å²) < 4.78 is 10.0. The van der Waals surface area contributed by atoms with E-state index in [0.29, 0.717) is 17.9 Å². The summed E-state index contributed by atoms with van der Waals surface area (Å²) in [5.74, 6) is -0.899. The van der Waals surface area contributed by atoms with Gasteiger partial charge < -0.3 is 19.7 Å². The average molecular weight is 398 g/mol. The van der Waals surface area contributed by atoms with Crippen molar-refractivity contribution in [3.8, 4) is 5.75 Å². The van der Waals surface area contributed by atoms with Crippen LogP contribution in [0.3, 0.4) is 0 Å². The van der Waals surface area contributed by atoms with Crippen LogP contribution in [0.4, 0.5) is 0 Å². The number of benzene rings is 2. The van der Waals surface area contributed by atoms with Crippen LogP contribution in [0.5, 0.6) is 5.75 Å². The van der Waals surface area contributed by atoms with Gasteiger partial charge >= 0.3 is 5.97 Å². The molecular weight excluding hydrogens is 372 g/mol. The molecule has 7 heteroatoms. The number of ether oxygens (including phenoxy) is 2. The van der Waals surface area contributed by atoms with E-state index in [1.165, 1.54) is 12.0 Å². The second kappa shape index (κ2) is 10.3. The molecule has 0 aliphatic rings. The number of amides is 2. The third-order valence-electron chi connectivity index (χ3n) is 4.41. The summed E-state index contributed by atoms with van der Waals surface area (Å²) in [6.07, 6.45) is 0. The lowest BCUT2D eigenvalue weighted by atomic mass is 10.1. The molecule has 0 radical (unpaired) electrons. The van der Waals surface area contributed by atoms with Crippen LogP contribution in [-0.4, -0.2) is 50.0 Å². The zero-order valence-electron chi connectivity index (χ0n) is 17.2. The number of nitrogens with one attached hydrogen (secondary N) is 1. The largest absolute Gasteiger partial charge is 0.497 e. The predicted molar refractivity (Wildman–Crippen MR) is 109 cm³/mol. The van der Waals surface area contributed by atoms with E-state index in [1.54, 1.807) is 31.3 Å². The van der Waals surface area contributed by atoms with Crippen molar-refractivity contribution in [3.63, 3.8) is 0 Å². The van der Waals surface area contributed by atoms with Gasteiger partial charge in [0.1, 0.15) is 12.3 Å². The summed E-state index contributed by atoms with van der Waals surface area (Å²) in [6, 6.07) is 12.6. The number of carbonyl (C=O) groups is 3. The van der Waals surface area contributed by atoms with E-state index in [1.807, 2.05) is 26.0 Å². The molecule has 0 aliphatic heterocycles. The summed E-state index contributed by atoms with van der Waals surface area (Å²) in [6.45, 7) is 3.72. The summed E-state index contributed by atoms with van der Waals surface area (Å²) in [7, 11) is 3.16. The number of likely N-dealkylation sites (N-methyl/N-ethyl adjacent to an activating group) is 1. The van der Waals surface area contributed by atoms with E-state index in [0.717, 1.165) is 16.7 Å². The Bertz CT molecular complexity index is 895. The molecule has 2 aromatic rings. The highest BCUT2D eigenvalue weighted by molar-refractivity contribution is 5.96. The number of aryl methyl sites for hydroxylation is 2. The molecule has 154 valence electrons. The van der Waals surface area contributed by atoms with Gasteiger partial charge in [0.25, 0.3) is 11.8 Å². The fourth-order valence-electron chi connectivity index (χ4n) is 2.69. The van der Waals surface area contributed by atoms with Crippen LogP contribution in [0.2, 0.25) is 0 Å². The Morgan fingerprint density at radius 3 is 2.52 bits per heavy atom. The van der Waals surface area contributed by atoms with Crippen LogP contribution < -0.4 is 10.1 Å². The molecule has 7 nitrogen and oxygen atoms in total. The van der Waals surface area contributed by atoms with E-state index in [-0.39, 0.29) is 19.1 Å². The first kappa shape index (κ1) is 21.9. The van der Waals surface area contributed by atoms with Crippen LogP contribution in [0.1, 0.15) is 27.0 Å². The highest BCUT2D eigenvalue weighted by atomic mass is 16.5. The first-order valence-electron chi connectivity index (χ1n) is 9.18. The maximum Gasteiger partial charge on any atom is 0.325 e. The zero-order chi connectivity index (χ0) is 21.4. The Hall–Kier alpha value is -3.35. The number of methoxy groups -OCH3 is 1. The molecule has 1 N–H and O–H groups in total. The first-order chi connectivity index (χ1) is 13.8. The number of esters is 1. The van der Waals surface area contributed by atoms with Crippen molar-refractivity contribution in [2.75, 3.05) is 27.3 Å². The Balaban J connectivity index is 1.77. The monoisotopic (exact) mass is 398 g/mol. The van der Waals surface area contributed by atoms with Gasteiger partial charge in [0.05, 0.1) is 7.11 Å². The molecule has 2 amide bonds. The molecule has 29 heavy (non-hydrogen) atoms. The molecule has 0 fully saturated rings. The Labute approximate surface area is 170 Å². The lowest BCUT2D eigenvalue weighted by Gasteiger charge is -2.18. The molecule has 2 rings (SSSR count). The molecular formula is C22H26N2O5. The van der Waals surface area contributed by atoms with Crippen LogP contribution in [-0.2, 0) is 20.9 Å². The quantitative estimate of drug-likeness (QED) is 0.690. The number of hydrogen-bond donors (Lipinski definition) is 1. The van der Waals surface area contributed by atoms with Gasteiger partial charge in [-0.15, -0.1) is 0 Å². The molecule has 0 heterocycles. The second-order valence-electron chi connectivity index (χ2n) is 6.76. The molecule has 0 unspecified atom stereocenters. The maximum absolute atomic E-state index is 12.2. The molecule has 0 aromatic heterocycles. The van der Waals surface area contributed by atoms with Gasteiger partial charge in [-0.25, -0.2) is 0 Å². The normalized spacial score (nSPS) is 10.2. The third-order valence-corrected chi connectivity index (χ3v) is 4.41. The number of nitrogens with zero attached hydrogens (tertiary/aromatic N) is 1. The smallest absolute Gasteiger partial charge is 0.325 e. The Morgan fingerprint density at radius 2 is 1.83 bits per heavy atom. The summed E-state index contributed by atoms with van der Waals surface area (Å²) in [5, 5.41) is 2.46. The molecule has 0 bridgehead atoms. The topological polar surface area (TPSA) is 84.9 Å². The minimum atomic E-state index is -0.686. The van der Waals surface area contributed by atoms with Gasteiger partial charge in [-0.3, -0.25) is 14.4 Å². The molecule has 0 aliphatic carbocycles. The molecule has 0 saturated heterocycles. The van der Waals surface area contributed by atoms with Crippen LogP contribution in [0.25, 0.3) is 0 Å². The number of carbonyl (C=O) groups excluding carboxylic acids is 3. The average Bonchev–Trinajstić information content (AvgIpc) is 2.72. The highest BCUT2D eigenvalue weighted by Gasteiger charge is 2.15. The molecule has 0 saturated carbocycles. The van der Waals surface area contributed by atoms with Gasteiger partial charge in [-0.1, -0.05) is 29.8 Å². The zero-order valence-corrected chi connectivity index (χ0v) is 17.2. The molecule has 0 spiro atoms. The van der Waals surface area contributed by atoms with Gasteiger partial charge in [-0.2, -0.15) is 0 Å². The molecule has 0 atom stereocenters. The van der Waals surface area contributed by atoms with Crippen molar-refractivity contribution in [2.45, 2.75) is 20.4 Å². The summed E-state index contributed by atoms with van der Waals surface area (Å²) >= 11 is 0. The van der Waals surface area contributed by atoms with Crippen molar-refractivity contribution in [2.24, 2.45) is 0 Å². The summed E-state index contributed by atoms with van der Waals surface area (Å²) in [4.78, 5) is 37.6. The summed E-state index contributed by atoms with van der Waals surface area (Å²) in [5.41, 5.74) is 3.65. The SMILES string of the molecule is COc1cccc(C(=O)NCC(=O)OCC(=O)N(C)Cc2ccc(C)cc2C)c1. The maximum atomic E-state index is 12.2. The van der Waals surface area contributed by atoms with E-state index >= 15 is 0 Å². The Morgan fingerprint density at radius 1 is 1.07 bits per heavy atom. The van der Waals surface area contributed by atoms with Crippen molar-refractivity contribution >= 4 is 17.8 Å². The minimum absolute atomic E-state index is 0.322. The van der Waals surface area contributed by atoms with E-state index in [9.17, 15) is 14.4 Å². The number of rotatable bonds is 8. The minimum Gasteiger partial charge on any atom is -0.497 e. The van der Waals surface area contributed by atoms with Crippen molar-refractivity contribution in [1.82, 2.24) is 10.2 Å². The van der Waals surface area contributed by atoms with Crippen LogP contribution >= 0.6 is 0 Å². The van der Waals surface area contributed by atoms with Crippen molar-refractivity contribution in [1.29, 1.82) is 0 Å². The number of hydrogen-bond acceptors (Lipinski definition) is 5. The Kier molecular flexibility index (Phi) is 7.77. The molecule has 2 aromatic carbocycles. The van der Waals surface area contributed by atoms with E-state index < -0.39 is 11.9 Å². The third kappa shape index (κ3) is 6.64. The highest BCUT2D eigenvalue weighted by Crippen LogP contribution is 2.13. The standard InChI is InChI=1S/C22H26N2O5/c1-15-8-9-18(16(2)10-15)13-24(3)20(25)14-29-21(26)12-23-22(27)17-6-5-7-19(11-17)28-4/h5-11H,12-14H2,1-4H3,(H,23,27). The predicted octanol–water partition coefficient (Wildman–Crippen LogP) is 2.24. The first-order valence-corrected chi connectivity index (χ1v) is 9.18. The van der Waals surface area contributed by atoms with E-state index in [4.69, 9.17) is 9.47 Å². The van der Waals surface area contributed by atoms with Crippen molar-refractivity contribution in [3.05, 3.63) is 64.7 Å². The van der Waals surface area contributed by atoms with Gasteiger partial charge in [0, 0.05) is 19.2 Å². The van der Waals surface area contributed by atoms with Crippen LogP contribution in [0.15, 0.2) is 42.5 Å². The van der Waals surface area contributed by atoms with E-state index in [2.05, 4.69) is 11.4 Å². The lowest BCUT2D eigenvalue weighted by molar-refractivity contribution is -0.150. The second-order valence-corrected chi connectivity index (χ2v) is 6.76. The van der Waals surface area contributed by atoms with Gasteiger partial charge in [0.15, 0.2) is 6.61 Å². The van der Waals surface area contributed by atoms with Crippen LogP contribution in [0, 0.1) is 13.8 Å². The fourth-order valence-corrected chi connectivity index (χ4v) is 2.69. The van der Waals surface area contributed by atoms with Crippen molar-refractivity contribution < 1.29 is 23.9 Å². The van der Waals surface area contributed by atoms with Gasteiger partial charge in [0.2, 0.25) is 0 Å². The van der Waals surface area contributed by atoms with Gasteiger partial charge in [-0.05, 0) is 43.2 Å².